The smallest absolute Gasteiger partial charge is 0.0931 e. The molecule has 2 aromatic rings. The minimum absolute atomic E-state index is 0.00854. The number of halogens is 1. The van der Waals surface area contributed by atoms with Crippen LogP contribution in [-0.2, 0) is 0 Å². The lowest BCUT2D eigenvalue weighted by Crippen LogP contribution is -2.33. The second-order valence-electron chi connectivity index (χ2n) is 4.59. The summed E-state index contributed by atoms with van der Waals surface area (Å²) < 4.78 is 0. The van der Waals surface area contributed by atoms with Gasteiger partial charge in [-0.25, -0.2) is 4.98 Å². The molecule has 1 aromatic heterocycles. The fraction of sp³-hybridized carbons (Fsp3) is 0.188. The Morgan fingerprint density at radius 3 is 2.95 bits per heavy atom. The highest BCUT2D eigenvalue weighted by Crippen LogP contribution is 2.15. The predicted molar refractivity (Wildman–Crippen MR) is 78.0 cm³/mol. The van der Waals surface area contributed by atoms with Crippen molar-refractivity contribution in [3.8, 4) is 11.8 Å². The van der Waals surface area contributed by atoms with Crippen molar-refractivity contribution in [3.63, 3.8) is 0 Å². The number of nitrogens with one attached hydrogen (secondary N) is 1. The topological polar surface area (TPSA) is 28.7 Å². The Bertz CT molecular complexity index is 777. The number of aryl methyl sites for hydroxylation is 1. The number of rotatable bonds is 0. The van der Waals surface area contributed by atoms with Crippen molar-refractivity contribution in [2.75, 3.05) is 0 Å². The monoisotopic (exact) mass is 268 g/mol. The Balaban J connectivity index is 1.96. The number of benzene rings is 1. The Labute approximate surface area is 116 Å². The summed E-state index contributed by atoms with van der Waals surface area (Å²) in [6.45, 7) is 2.06. The zero-order valence-electron chi connectivity index (χ0n) is 10.5. The molecule has 3 rings (SSSR count). The van der Waals surface area contributed by atoms with Gasteiger partial charge in [-0.05, 0) is 30.7 Å². The highest BCUT2D eigenvalue weighted by Gasteiger charge is 2.16. The van der Waals surface area contributed by atoms with Crippen molar-refractivity contribution < 1.29 is 0 Å². The highest BCUT2D eigenvalue weighted by atomic mass is 35.5. The van der Waals surface area contributed by atoms with Gasteiger partial charge in [0.1, 0.15) is 0 Å². The first-order valence-electron chi connectivity index (χ1n) is 6.18. The summed E-state index contributed by atoms with van der Waals surface area (Å²) in [5, 5.41) is 1.78. The lowest BCUT2D eigenvalue weighted by Gasteiger charge is -2.11. The van der Waals surface area contributed by atoms with Gasteiger partial charge >= 0.3 is 0 Å². The molecule has 1 aliphatic rings. The molecular formula is C16H13ClN2. The van der Waals surface area contributed by atoms with Crippen LogP contribution < -0.4 is 10.7 Å². The number of hydrogen-bond acceptors (Lipinski definition) is 1. The number of fused-ring (bicyclic) bond motifs is 1. The average molecular weight is 269 g/mol. The molecule has 1 heterocycles. The zero-order valence-corrected chi connectivity index (χ0v) is 11.3. The van der Waals surface area contributed by atoms with E-state index in [0.717, 1.165) is 16.3 Å². The van der Waals surface area contributed by atoms with E-state index in [1.54, 1.807) is 6.33 Å². The number of aromatic nitrogens is 2. The number of aromatic amines is 1. The van der Waals surface area contributed by atoms with Crippen molar-refractivity contribution >= 4 is 23.8 Å². The molecule has 2 unspecified atom stereocenters. The Kier molecular flexibility index (Phi) is 3.15. The molecule has 2 nitrogen and oxygen atoms in total. The Hall–Kier alpha value is -1.98. The van der Waals surface area contributed by atoms with Crippen molar-refractivity contribution in [3.05, 3.63) is 52.4 Å². The normalized spacial score (nSPS) is 20.5. The molecule has 0 amide bonds. The fourth-order valence-electron chi connectivity index (χ4n) is 2.10. The minimum atomic E-state index is -0.132. The van der Waals surface area contributed by atoms with Crippen LogP contribution >= 0.6 is 11.6 Å². The van der Waals surface area contributed by atoms with Crippen LogP contribution in [0.15, 0.2) is 30.6 Å². The van der Waals surface area contributed by atoms with E-state index in [1.807, 2.05) is 30.4 Å². The maximum Gasteiger partial charge on any atom is 0.0931 e. The minimum Gasteiger partial charge on any atom is -0.345 e. The number of hydrogen-bond donors (Lipinski definition) is 1. The van der Waals surface area contributed by atoms with Gasteiger partial charge in [0.05, 0.1) is 28.3 Å². The standard InChI is InChI=1S/C16H13ClN2/c1-11-4-2-3-5-12(11)6-7-13-8-15-16(9-14(13)17)19-10-18-15/h2-5,8-10,13-14H,1H3,(H,18,19). The van der Waals surface area contributed by atoms with Gasteiger partial charge in [0.2, 0.25) is 0 Å². The lowest BCUT2D eigenvalue weighted by atomic mass is 10.00. The van der Waals surface area contributed by atoms with Gasteiger partial charge in [0, 0.05) is 5.56 Å². The second kappa shape index (κ2) is 4.95. The van der Waals surface area contributed by atoms with Gasteiger partial charge in [-0.15, -0.1) is 11.6 Å². The van der Waals surface area contributed by atoms with E-state index in [0.29, 0.717) is 0 Å². The molecule has 1 aliphatic carbocycles. The molecule has 1 aromatic carbocycles. The molecule has 0 spiro atoms. The van der Waals surface area contributed by atoms with E-state index in [1.165, 1.54) is 5.56 Å². The third kappa shape index (κ3) is 2.43. The molecule has 0 aliphatic heterocycles. The molecule has 0 bridgehead atoms. The molecule has 3 heteroatoms. The fourth-order valence-corrected chi connectivity index (χ4v) is 2.36. The number of H-pyrrole nitrogens is 1. The van der Waals surface area contributed by atoms with Crippen molar-refractivity contribution in [1.29, 1.82) is 0 Å². The van der Waals surface area contributed by atoms with Crippen LogP contribution in [0.3, 0.4) is 0 Å². The van der Waals surface area contributed by atoms with E-state index in [-0.39, 0.29) is 11.3 Å². The summed E-state index contributed by atoms with van der Waals surface area (Å²) in [6, 6.07) is 8.10. The summed E-state index contributed by atoms with van der Waals surface area (Å²) in [5.41, 5.74) is 2.23. The lowest BCUT2D eigenvalue weighted by molar-refractivity contribution is 0.924. The largest absolute Gasteiger partial charge is 0.345 e. The molecule has 2 atom stereocenters. The van der Waals surface area contributed by atoms with Crippen LogP contribution in [0.1, 0.15) is 11.1 Å². The molecule has 0 saturated heterocycles. The van der Waals surface area contributed by atoms with Crippen LogP contribution in [0.25, 0.3) is 12.2 Å². The number of nitrogens with zero attached hydrogens (tertiary/aromatic N) is 1. The summed E-state index contributed by atoms with van der Waals surface area (Å²) in [7, 11) is 0. The summed E-state index contributed by atoms with van der Waals surface area (Å²) in [4.78, 5) is 7.29. The molecule has 94 valence electrons. The second-order valence-corrected chi connectivity index (χ2v) is 5.09. The van der Waals surface area contributed by atoms with Crippen LogP contribution in [0, 0.1) is 24.7 Å². The quantitative estimate of drug-likeness (QED) is 0.570. The van der Waals surface area contributed by atoms with Gasteiger partial charge in [-0.3, -0.25) is 0 Å². The Morgan fingerprint density at radius 2 is 2.11 bits per heavy atom. The first kappa shape index (κ1) is 12.1. The molecule has 0 radical (unpaired) electrons. The van der Waals surface area contributed by atoms with Gasteiger partial charge in [-0.2, -0.15) is 0 Å². The van der Waals surface area contributed by atoms with Crippen LogP contribution in [0.2, 0.25) is 0 Å². The summed E-state index contributed by atoms with van der Waals surface area (Å²) >= 11 is 6.33. The van der Waals surface area contributed by atoms with Crippen molar-refractivity contribution in [2.45, 2.75) is 12.3 Å². The third-order valence-corrected chi connectivity index (χ3v) is 3.62. The van der Waals surface area contributed by atoms with Gasteiger partial charge in [0.25, 0.3) is 0 Å². The van der Waals surface area contributed by atoms with E-state index in [4.69, 9.17) is 11.6 Å². The van der Waals surface area contributed by atoms with E-state index >= 15 is 0 Å². The van der Waals surface area contributed by atoms with Crippen LogP contribution in [0.5, 0.6) is 0 Å². The molecule has 1 N–H and O–H groups in total. The highest BCUT2D eigenvalue weighted by molar-refractivity contribution is 6.24. The average Bonchev–Trinajstić information content (AvgIpc) is 2.84. The van der Waals surface area contributed by atoms with E-state index in [9.17, 15) is 0 Å². The molecule has 19 heavy (non-hydrogen) atoms. The predicted octanol–water partition coefficient (Wildman–Crippen LogP) is 1.57. The van der Waals surface area contributed by atoms with Crippen LogP contribution in [0.4, 0.5) is 0 Å². The molecular weight excluding hydrogens is 256 g/mol. The van der Waals surface area contributed by atoms with Crippen molar-refractivity contribution in [2.24, 2.45) is 5.92 Å². The molecule has 0 saturated carbocycles. The summed E-state index contributed by atoms with van der Waals surface area (Å²) in [5.74, 6) is 6.47. The molecule has 0 fully saturated rings. The van der Waals surface area contributed by atoms with Crippen molar-refractivity contribution in [1.82, 2.24) is 9.97 Å². The zero-order chi connectivity index (χ0) is 13.2. The number of imidazole rings is 1. The van der Waals surface area contributed by atoms with E-state index < -0.39 is 0 Å². The number of alkyl halides is 1. The Morgan fingerprint density at radius 1 is 1.26 bits per heavy atom. The first-order valence-corrected chi connectivity index (χ1v) is 6.62. The van der Waals surface area contributed by atoms with Crippen LogP contribution in [-0.4, -0.2) is 15.3 Å². The first-order chi connectivity index (χ1) is 9.24. The van der Waals surface area contributed by atoms with Gasteiger partial charge in [-0.1, -0.05) is 30.0 Å². The van der Waals surface area contributed by atoms with Gasteiger partial charge < -0.3 is 4.98 Å². The maximum absolute atomic E-state index is 6.33. The maximum atomic E-state index is 6.33. The third-order valence-electron chi connectivity index (χ3n) is 3.22. The SMILES string of the molecule is Cc1ccccc1C#CC1C=c2[nH]cnc2=CC1Cl. The van der Waals surface area contributed by atoms with Gasteiger partial charge in [0.15, 0.2) is 0 Å². The summed E-state index contributed by atoms with van der Waals surface area (Å²) in [6.07, 6.45) is 5.67. The van der Waals surface area contributed by atoms with E-state index in [2.05, 4.69) is 34.8 Å².